The molecule has 0 fully saturated rings. The molecule has 19 heavy (non-hydrogen) atoms. The van der Waals surface area contributed by atoms with Crippen LogP contribution in [0.25, 0.3) is 0 Å². The molecule has 0 bridgehead atoms. The molecule has 0 aliphatic carbocycles. The Labute approximate surface area is 120 Å². The minimum absolute atomic E-state index is 0.160. The minimum Gasteiger partial charge on any atom is -0.389 e. The van der Waals surface area contributed by atoms with E-state index in [0.29, 0.717) is 4.47 Å². The van der Waals surface area contributed by atoms with Gasteiger partial charge in [0.25, 0.3) is 5.56 Å². The fraction of sp³-hybridized carbons (Fsp3) is 0.500. The summed E-state index contributed by atoms with van der Waals surface area (Å²) < 4.78 is 2.06. The van der Waals surface area contributed by atoms with Crippen LogP contribution in [0.3, 0.4) is 0 Å². The van der Waals surface area contributed by atoms with E-state index in [4.69, 9.17) is 0 Å². The van der Waals surface area contributed by atoms with E-state index in [1.54, 1.807) is 34.1 Å². The number of hydrogen-bond donors (Lipinski definition) is 2. The Morgan fingerprint density at radius 3 is 2.68 bits per heavy atom. The first-order valence-corrected chi connectivity index (χ1v) is 6.50. The van der Waals surface area contributed by atoms with E-state index in [9.17, 15) is 14.7 Å². The van der Waals surface area contributed by atoms with Crippen molar-refractivity contribution in [3.63, 3.8) is 0 Å². The molecule has 106 valence electrons. The molecule has 0 aliphatic heterocycles. The molecule has 0 aliphatic rings. The van der Waals surface area contributed by atoms with Crippen LogP contribution in [0.4, 0.5) is 10.5 Å². The second-order valence-corrected chi connectivity index (χ2v) is 6.00. The number of carbonyl (C=O) groups is 1. The standard InChI is InChI=1S/C12H18BrN3O3/c1-12(2,19)7-16(4)11(18)14-9-5-8(13)6-15(3)10(9)17/h5-6,19H,7H2,1-4H3,(H,14,18). The molecule has 1 rings (SSSR count). The van der Waals surface area contributed by atoms with Gasteiger partial charge in [0.15, 0.2) is 0 Å². The number of nitrogens with zero attached hydrogens (tertiary/aromatic N) is 2. The lowest BCUT2D eigenvalue weighted by Crippen LogP contribution is -2.42. The highest BCUT2D eigenvalue weighted by molar-refractivity contribution is 9.10. The van der Waals surface area contributed by atoms with Crippen LogP contribution in [-0.2, 0) is 7.05 Å². The number of aryl methyl sites for hydroxylation is 1. The summed E-state index contributed by atoms with van der Waals surface area (Å²) in [6.45, 7) is 3.37. The van der Waals surface area contributed by atoms with Gasteiger partial charge in [-0.3, -0.25) is 4.79 Å². The van der Waals surface area contributed by atoms with Crippen LogP contribution in [0.2, 0.25) is 0 Å². The number of rotatable bonds is 3. The van der Waals surface area contributed by atoms with E-state index in [2.05, 4.69) is 21.2 Å². The predicted molar refractivity (Wildman–Crippen MR) is 77.3 cm³/mol. The van der Waals surface area contributed by atoms with Crippen molar-refractivity contribution < 1.29 is 9.90 Å². The maximum atomic E-state index is 11.9. The van der Waals surface area contributed by atoms with Gasteiger partial charge in [-0.2, -0.15) is 0 Å². The molecule has 2 N–H and O–H groups in total. The van der Waals surface area contributed by atoms with E-state index >= 15 is 0 Å². The summed E-state index contributed by atoms with van der Waals surface area (Å²) in [6.07, 6.45) is 1.61. The Morgan fingerprint density at radius 2 is 2.16 bits per heavy atom. The van der Waals surface area contributed by atoms with Gasteiger partial charge in [-0.1, -0.05) is 0 Å². The molecule has 6 nitrogen and oxygen atoms in total. The second kappa shape index (κ2) is 5.75. The van der Waals surface area contributed by atoms with Gasteiger partial charge in [0.1, 0.15) is 5.69 Å². The second-order valence-electron chi connectivity index (χ2n) is 5.09. The summed E-state index contributed by atoms with van der Waals surface area (Å²) >= 11 is 3.26. The van der Waals surface area contributed by atoms with Crippen molar-refractivity contribution in [2.75, 3.05) is 18.9 Å². The van der Waals surface area contributed by atoms with E-state index in [-0.39, 0.29) is 17.8 Å². The third kappa shape index (κ3) is 4.68. The van der Waals surface area contributed by atoms with Gasteiger partial charge < -0.3 is 19.9 Å². The summed E-state index contributed by atoms with van der Waals surface area (Å²) in [6, 6.07) is 1.09. The zero-order valence-corrected chi connectivity index (χ0v) is 13.0. The summed E-state index contributed by atoms with van der Waals surface area (Å²) in [4.78, 5) is 25.0. The quantitative estimate of drug-likeness (QED) is 0.878. The molecule has 1 aromatic heterocycles. The van der Waals surface area contributed by atoms with Crippen molar-refractivity contribution in [3.05, 3.63) is 27.1 Å². The molecule has 0 aromatic carbocycles. The van der Waals surface area contributed by atoms with E-state index in [1.807, 2.05) is 0 Å². The lowest BCUT2D eigenvalue weighted by molar-refractivity contribution is 0.0550. The van der Waals surface area contributed by atoms with Crippen molar-refractivity contribution >= 4 is 27.6 Å². The molecule has 0 spiro atoms. The number of carbonyl (C=O) groups excluding carboxylic acids is 1. The van der Waals surface area contributed by atoms with Crippen molar-refractivity contribution in [2.24, 2.45) is 7.05 Å². The zero-order chi connectivity index (χ0) is 14.8. The van der Waals surface area contributed by atoms with E-state index in [1.165, 1.54) is 15.5 Å². The van der Waals surface area contributed by atoms with Crippen LogP contribution in [-0.4, -0.2) is 39.8 Å². The Kier molecular flexibility index (Phi) is 4.75. The smallest absolute Gasteiger partial charge is 0.321 e. The Morgan fingerprint density at radius 1 is 1.58 bits per heavy atom. The van der Waals surface area contributed by atoms with Gasteiger partial charge in [0.2, 0.25) is 0 Å². The average molecular weight is 332 g/mol. The summed E-state index contributed by atoms with van der Waals surface area (Å²) in [5, 5.41) is 12.2. The highest BCUT2D eigenvalue weighted by Gasteiger charge is 2.20. The molecular formula is C12H18BrN3O3. The highest BCUT2D eigenvalue weighted by atomic mass is 79.9. The molecule has 7 heteroatoms. The number of pyridine rings is 1. The van der Waals surface area contributed by atoms with Gasteiger partial charge in [-0.15, -0.1) is 0 Å². The summed E-state index contributed by atoms with van der Waals surface area (Å²) in [5.41, 5.74) is -1.11. The lowest BCUT2D eigenvalue weighted by atomic mass is 10.1. The van der Waals surface area contributed by atoms with Crippen molar-refractivity contribution in [2.45, 2.75) is 19.4 Å². The Hall–Kier alpha value is -1.34. The average Bonchev–Trinajstić information content (AvgIpc) is 2.22. The molecule has 0 radical (unpaired) electrons. The van der Waals surface area contributed by atoms with Crippen LogP contribution in [0.5, 0.6) is 0 Å². The molecule has 0 saturated heterocycles. The van der Waals surface area contributed by atoms with Gasteiger partial charge >= 0.3 is 6.03 Å². The first-order chi connectivity index (χ1) is 8.60. The fourth-order valence-electron chi connectivity index (χ4n) is 1.62. The molecule has 1 aromatic rings. The number of anilines is 1. The van der Waals surface area contributed by atoms with Gasteiger partial charge in [0, 0.05) is 24.8 Å². The predicted octanol–water partition coefficient (Wildman–Crippen LogP) is 1.38. The van der Waals surface area contributed by atoms with Crippen molar-refractivity contribution in [3.8, 4) is 0 Å². The van der Waals surface area contributed by atoms with E-state index < -0.39 is 11.6 Å². The first-order valence-electron chi connectivity index (χ1n) is 5.71. The molecule has 0 saturated carbocycles. The number of hydrogen-bond acceptors (Lipinski definition) is 3. The molecule has 1 heterocycles. The lowest BCUT2D eigenvalue weighted by Gasteiger charge is -2.25. The van der Waals surface area contributed by atoms with Crippen molar-refractivity contribution in [1.29, 1.82) is 0 Å². The number of aromatic nitrogens is 1. The Balaban J connectivity index is 2.86. The van der Waals surface area contributed by atoms with Crippen LogP contribution < -0.4 is 10.9 Å². The molecule has 0 unspecified atom stereocenters. The zero-order valence-electron chi connectivity index (χ0n) is 11.4. The number of likely N-dealkylation sites (N-methyl/N-ethyl adjacent to an activating group) is 1. The van der Waals surface area contributed by atoms with Crippen molar-refractivity contribution in [1.82, 2.24) is 9.47 Å². The maximum absolute atomic E-state index is 11.9. The molecule has 2 amide bonds. The first kappa shape index (κ1) is 15.7. The minimum atomic E-state index is -0.992. The summed E-state index contributed by atoms with van der Waals surface area (Å²) in [5.74, 6) is 0. The summed E-state index contributed by atoms with van der Waals surface area (Å²) in [7, 11) is 3.15. The van der Waals surface area contributed by atoms with Crippen LogP contribution >= 0.6 is 15.9 Å². The highest BCUT2D eigenvalue weighted by Crippen LogP contribution is 2.12. The van der Waals surface area contributed by atoms with Crippen LogP contribution in [0, 0.1) is 0 Å². The number of aliphatic hydroxyl groups is 1. The number of urea groups is 1. The molecular weight excluding hydrogens is 314 g/mol. The normalized spacial score (nSPS) is 11.3. The SMILES string of the molecule is CN(CC(C)(C)O)C(=O)Nc1cc(Br)cn(C)c1=O. The third-order valence-electron chi connectivity index (χ3n) is 2.36. The molecule has 0 atom stereocenters. The maximum Gasteiger partial charge on any atom is 0.321 e. The van der Waals surface area contributed by atoms with Gasteiger partial charge in [-0.05, 0) is 35.8 Å². The topological polar surface area (TPSA) is 74.6 Å². The Bertz CT molecular complexity index is 534. The van der Waals surface area contributed by atoms with Gasteiger partial charge in [-0.25, -0.2) is 4.79 Å². The number of amides is 2. The van der Waals surface area contributed by atoms with E-state index in [0.717, 1.165) is 0 Å². The third-order valence-corrected chi connectivity index (χ3v) is 2.80. The number of halogens is 1. The number of nitrogens with one attached hydrogen (secondary N) is 1. The van der Waals surface area contributed by atoms with Gasteiger partial charge in [0.05, 0.1) is 12.1 Å². The van der Waals surface area contributed by atoms with Crippen LogP contribution in [0.1, 0.15) is 13.8 Å². The fourth-order valence-corrected chi connectivity index (χ4v) is 2.16. The van der Waals surface area contributed by atoms with Crippen LogP contribution in [0.15, 0.2) is 21.5 Å². The monoisotopic (exact) mass is 331 g/mol. The largest absolute Gasteiger partial charge is 0.389 e.